The van der Waals surface area contributed by atoms with Crippen molar-refractivity contribution in [3.8, 4) is 6.07 Å². The monoisotopic (exact) mass is 307 g/mol. The number of rotatable bonds is 3. The van der Waals surface area contributed by atoms with Gasteiger partial charge in [-0.3, -0.25) is 0 Å². The normalized spacial score (nSPS) is 22.8. The van der Waals surface area contributed by atoms with Gasteiger partial charge >= 0.3 is 0 Å². The molecular weight excluding hydrogens is 290 g/mol. The Bertz CT molecular complexity index is 467. The first-order valence-electron chi connectivity index (χ1n) is 6.30. The van der Waals surface area contributed by atoms with Crippen LogP contribution >= 0.6 is 15.9 Å². The fourth-order valence-electron chi connectivity index (χ4n) is 2.90. The second kappa shape index (κ2) is 5.73. The van der Waals surface area contributed by atoms with E-state index in [0.717, 1.165) is 23.1 Å². The highest BCUT2D eigenvalue weighted by Gasteiger charge is 2.30. The topological polar surface area (TPSA) is 53.0 Å². The van der Waals surface area contributed by atoms with Gasteiger partial charge in [0.25, 0.3) is 0 Å². The molecule has 1 aliphatic carbocycles. The lowest BCUT2D eigenvalue weighted by Gasteiger charge is -2.31. The van der Waals surface area contributed by atoms with Crippen molar-refractivity contribution < 1.29 is 0 Å². The van der Waals surface area contributed by atoms with Crippen LogP contribution in [0.5, 0.6) is 0 Å². The third-order valence-electron chi connectivity index (χ3n) is 3.90. The van der Waals surface area contributed by atoms with Gasteiger partial charge in [-0.05, 0) is 53.4 Å². The van der Waals surface area contributed by atoms with Crippen molar-refractivity contribution in [2.75, 3.05) is 18.5 Å². The number of benzene rings is 1. The predicted molar refractivity (Wildman–Crippen MR) is 77.4 cm³/mol. The van der Waals surface area contributed by atoms with E-state index in [-0.39, 0.29) is 0 Å². The van der Waals surface area contributed by atoms with Crippen molar-refractivity contribution in [2.24, 2.45) is 11.7 Å². The van der Waals surface area contributed by atoms with Gasteiger partial charge in [0.15, 0.2) is 0 Å². The minimum Gasteiger partial charge on any atom is -0.370 e. The lowest BCUT2D eigenvalue weighted by atomic mass is 10.0. The SMILES string of the molecule is CN(c1cccc(Br)c1C#N)C1CCCC1CN. The molecule has 0 saturated heterocycles. The number of hydrogen-bond donors (Lipinski definition) is 1. The van der Waals surface area contributed by atoms with E-state index in [4.69, 9.17) is 5.73 Å². The zero-order valence-electron chi connectivity index (χ0n) is 10.6. The molecule has 0 spiro atoms. The van der Waals surface area contributed by atoms with Crippen LogP contribution in [0.1, 0.15) is 24.8 Å². The van der Waals surface area contributed by atoms with Gasteiger partial charge in [-0.15, -0.1) is 0 Å². The molecule has 0 heterocycles. The summed E-state index contributed by atoms with van der Waals surface area (Å²) < 4.78 is 0.858. The Morgan fingerprint density at radius 1 is 1.50 bits per heavy atom. The molecule has 3 nitrogen and oxygen atoms in total. The Kier molecular flexibility index (Phi) is 4.26. The highest BCUT2D eigenvalue weighted by atomic mass is 79.9. The standard InChI is InChI=1S/C14H18BrN3/c1-18(13-6-2-4-10(13)8-16)14-7-3-5-12(15)11(14)9-17/h3,5,7,10,13H,2,4,6,8,16H2,1H3. The van der Waals surface area contributed by atoms with E-state index in [1.54, 1.807) is 0 Å². The second-order valence-corrected chi connectivity index (χ2v) is 5.71. The lowest BCUT2D eigenvalue weighted by molar-refractivity contribution is 0.474. The number of nitrogens with two attached hydrogens (primary N) is 1. The number of nitriles is 1. The van der Waals surface area contributed by atoms with Crippen LogP contribution in [-0.2, 0) is 0 Å². The van der Waals surface area contributed by atoms with Gasteiger partial charge in [-0.25, -0.2) is 0 Å². The summed E-state index contributed by atoms with van der Waals surface area (Å²) in [4.78, 5) is 2.23. The first-order chi connectivity index (χ1) is 8.69. The molecule has 18 heavy (non-hydrogen) atoms. The van der Waals surface area contributed by atoms with Gasteiger partial charge in [-0.2, -0.15) is 5.26 Å². The van der Waals surface area contributed by atoms with Gasteiger partial charge < -0.3 is 10.6 Å². The van der Waals surface area contributed by atoms with E-state index >= 15 is 0 Å². The van der Waals surface area contributed by atoms with Crippen molar-refractivity contribution in [3.63, 3.8) is 0 Å². The maximum absolute atomic E-state index is 9.28. The Morgan fingerprint density at radius 2 is 2.28 bits per heavy atom. The molecule has 0 aliphatic heterocycles. The van der Waals surface area contributed by atoms with Crippen molar-refractivity contribution in [1.82, 2.24) is 0 Å². The van der Waals surface area contributed by atoms with Gasteiger partial charge in [0.2, 0.25) is 0 Å². The van der Waals surface area contributed by atoms with Crippen molar-refractivity contribution >= 4 is 21.6 Å². The molecule has 0 amide bonds. The van der Waals surface area contributed by atoms with E-state index in [9.17, 15) is 5.26 Å². The average Bonchev–Trinajstić information content (AvgIpc) is 2.85. The number of hydrogen-bond acceptors (Lipinski definition) is 3. The highest BCUT2D eigenvalue weighted by molar-refractivity contribution is 9.10. The number of anilines is 1. The molecule has 2 rings (SSSR count). The summed E-state index contributed by atoms with van der Waals surface area (Å²) >= 11 is 3.44. The van der Waals surface area contributed by atoms with Gasteiger partial charge in [0.05, 0.1) is 11.3 Å². The maximum Gasteiger partial charge on any atom is 0.103 e. The summed E-state index contributed by atoms with van der Waals surface area (Å²) in [5.74, 6) is 0.542. The van der Waals surface area contributed by atoms with Gasteiger partial charge in [0, 0.05) is 17.6 Å². The number of halogens is 1. The number of nitrogens with zero attached hydrogens (tertiary/aromatic N) is 2. The summed E-state index contributed by atoms with van der Waals surface area (Å²) in [6, 6.07) is 8.63. The van der Waals surface area contributed by atoms with Gasteiger partial charge in [0.1, 0.15) is 6.07 Å². The molecule has 0 aromatic heterocycles. The molecule has 0 radical (unpaired) electrons. The molecular formula is C14H18BrN3. The third kappa shape index (κ3) is 2.38. The Balaban J connectivity index is 2.32. The smallest absolute Gasteiger partial charge is 0.103 e. The lowest BCUT2D eigenvalue weighted by Crippen LogP contribution is -2.38. The van der Waals surface area contributed by atoms with Crippen LogP contribution in [0.4, 0.5) is 5.69 Å². The van der Waals surface area contributed by atoms with E-state index in [1.165, 1.54) is 12.8 Å². The average molecular weight is 308 g/mol. The summed E-state index contributed by atoms with van der Waals surface area (Å²) in [6.45, 7) is 0.727. The molecule has 2 atom stereocenters. The van der Waals surface area contributed by atoms with E-state index in [2.05, 4.69) is 33.9 Å². The molecule has 4 heteroatoms. The molecule has 2 unspecified atom stereocenters. The molecule has 2 N–H and O–H groups in total. The molecule has 1 fully saturated rings. The van der Waals surface area contributed by atoms with Crippen molar-refractivity contribution in [2.45, 2.75) is 25.3 Å². The first kappa shape index (κ1) is 13.4. The largest absolute Gasteiger partial charge is 0.370 e. The Hall–Kier alpha value is -1.05. The van der Waals surface area contributed by atoms with E-state index < -0.39 is 0 Å². The summed E-state index contributed by atoms with van der Waals surface area (Å²) in [6.07, 6.45) is 3.59. The molecule has 1 aromatic carbocycles. The predicted octanol–water partition coefficient (Wildman–Crippen LogP) is 2.88. The Labute approximate surface area is 117 Å². The molecule has 1 aliphatic rings. The Morgan fingerprint density at radius 3 is 2.94 bits per heavy atom. The van der Waals surface area contributed by atoms with Crippen LogP contribution < -0.4 is 10.6 Å². The fraction of sp³-hybridized carbons (Fsp3) is 0.500. The zero-order chi connectivity index (χ0) is 13.1. The van der Waals surface area contributed by atoms with Crippen LogP contribution in [-0.4, -0.2) is 19.6 Å². The molecule has 96 valence electrons. The van der Waals surface area contributed by atoms with Crippen LogP contribution in [0.3, 0.4) is 0 Å². The van der Waals surface area contributed by atoms with E-state index in [0.29, 0.717) is 17.5 Å². The van der Waals surface area contributed by atoms with Crippen LogP contribution in [0.15, 0.2) is 22.7 Å². The van der Waals surface area contributed by atoms with Crippen LogP contribution in [0.25, 0.3) is 0 Å². The molecule has 1 aromatic rings. The fourth-order valence-corrected chi connectivity index (χ4v) is 3.34. The van der Waals surface area contributed by atoms with Crippen molar-refractivity contribution in [1.29, 1.82) is 5.26 Å². The first-order valence-corrected chi connectivity index (χ1v) is 7.09. The quantitative estimate of drug-likeness (QED) is 0.934. The minimum atomic E-state index is 0.455. The third-order valence-corrected chi connectivity index (χ3v) is 4.56. The van der Waals surface area contributed by atoms with E-state index in [1.807, 2.05) is 18.2 Å². The van der Waals surface area contributed by atoms with Crippen molar-refractivity contribution in [3.05, 3.63) is 28.2 Å². The highest BCUT2D eigenvalue weighted by Crippen LogP contribution is 2.34. The summed E-state index contributed by atoms with van der Waals surface area (Å²) in [5, 5.41) is 9.28. The molecule has 0 bridgehead atoms. The maximum atomic E-state index is 9.28. The second-order valence-electron chi connectivity index (χ2n) is 4.85. The molecule has 1 saturated carbocycles. The summed E-state index contributed by atoms with van der Waals surface area (Å²) in [5.41, 5.74) is 7.55. The zero-order valence-corrected chi connectivity index (χ0v) is 12.2. The minimum absolute atomic E-state index is 0.455. The van der Waals surface area contributed by atoms with Crippen LogP contribution in [0.2, 0.25) is 0 Å². The van der Waals surface area contributed by atoms with Crippen LogP contribution in [0, 0.1) is 17.2 Å². The summed E-state index contributed by atoms with van der Waals surface area (Å²) in [7, 11) is 2.07. The van der Waals surface area contributed by atoms with Gasteiger partial charge in [-0.1, -0.05) is 12.5 Å².